The summed E-state index contributed by atoms with van der Waals surface area (Å²) in [6.45, 7) is 3.69. The monoisotopic (exact) mass is 468 g/mol. The van der Waals surface area contributed by atoms with Crippen LogP contribution in [-0.2, 0) is 20.9 Å². The molecule has 1 aromatic carbocycles. The fourth-order valence-electron chi connectivity index (χ4n) is 4.07. The summed E-state index contributed by atoms with van der Waals surface area (Å²) >= 11 is 1.72. The Balaban J connectivity index is 1.51. The minimum absolute atomic E-state index is 0.452. The van der Waals surface area contributed by atoms with Crippen LogP contribution in [-0.4, -0.2) is 69.0 Å². The van der Waals surface area contributed by atoms with E-state index in [2.05, 4.69) is 26.6 Å². The molecule has 1 aliphatic rings. The molecule has 1 aliphatic heterocycles. The number of anilines is 1. The maximum absolute atomic E-state index is 12.3. The highest BCUT2D eigenvalue weighted by molar-refractivity contribution is 7.09. The predicted octanol–water partition coefficient (Wildman–Crippen LogP) is 2.75. The number of H-pyrrole nitrogens is 1. The maximum atomic E-state index is 12.3. The van der Waals surface area contributed by atoms with Gasteiger partial charge in [0.2, 0.25) is 5.91 Å². The number of fused-ring (bicyclic) bond motifs is 1. The molecular formula is C23H24N4O5S. The lowest BCUT2D eigenvalue weighted by Gasteiger charge is -2.37. The van der Waals surface area contributed by atoms with Crippen LogP contribution < -0.4 is 5.32 Å². The first-order valence-electron chi connectivity index (χ1n) is 10.5. The third-order valence-electron chi connectivity index (χ3n) is 5.62. The van der Waals surface area contributed by atoms with E-state index in [9.17, 15) is 19.5 Å². The molecule has 9 nitrogen and oxygen atoms in total. The van der Waals surface area contributed by atoms with Crippen LogP contribution in [0.1, 0.15) is 16.5 Å². The summed E-state index contributed by atoms with van der Waals surface area (Å²) in [5, 5.41) is 24.1. The topological polar surface area (TPSA) is 126 Å². The van der Waals surface area contributed by atoms with Crippen LogP contribution in [0.2, 0.25) is 0 Å². The molecule has 3 heterocycles. The van der Waals surface area contributed by atoms with E-state index in [4.69, 9.17) is 5.11 Å². The van der Waals surface area contributed by atoms with Crippen molar-refractivity contribution in [1.82, 2.24) is 14.8 Å². The number of carboxylic acids is 2. The van der Waals surface area contributed by atoms with E-state index in [0.29, 0.717) is 29.7 Å². The van der Waals surface area contributed by atoms with E-state index in [-0.39, 0.29) is 0 Å². The summed E-state index contributed by atoms with van der Waals surface area (Å²) in [7, 11) is 0. The Kier molecular flexibility index (Phi) is 6.87. The second kappa shape index (κ2) is 9.99. The number of nitrogens with zero attached hydrogens (tertiary/aromatic N) is 2. The molecule has 1 saturated heterocycles. The Morgan fingerprint density at radius 1 is 1.12 bits per heavy atom. The van der Waals surface area contributed by atoms with Gasteiger partial charge in [-0.1, -0.05) is 6.07 Å². The second-order valence-electron chi connectivity index (χ2n) is 7.80. The number of aromatic nitrogens is 1. The highest BCUT2D eigenvalue weighted by Crippen LogP contribution is 2.31. The van der Waals surface area contributed by atoms with Gasteiger partial charge >= 0.3 is 11.9 Å². The van der Waals surface area contributed by atoms with Crippen LogP contribution >= 0.6 is 11.3 Å². The molecule has 1 amide bonds. The van der Waals surface area contributed by atoms with Crippen molar-refractivity contribution in [3.8, 4) is 0 Å². The Bertz CT molecular complexity index is 1180. The number of nitrogens with one attached hydrogen (secondary N) is 2. The quantitative estimate of drug-likeness (QED) is 0.375. The van der Waals surface area contributed by atoms with Gasteiger partial charge in [0.05, 0.1) is 0 Å². The average molecular weight is 469 g/mol. The van der Waals surface area contributed by atoms with Crippen molar-refractivity contribution in [2.45, 2.75) is 12.6 Å². The number of hydrogen-bond donors (Lipinski definition) is 4. The lowest BCUT2D eigenvalue weighted by Crippen LogP contribution is -2.48. The molecule has 1 atom stereocenters. The van der Waals surface area contributed by atoms with E-state index >= 15 is 0 Å². The number of carbonyl (C=O) groups is 3. The van der Waals surface area contributed by atoms with Crippen molar-refractivity contribution in [1.29, 1.82) is 0 Å². The number of aliphatic carboxylic acids is 2. The van der Waals surface area contributed by atoms with Gasteiger partial charge in [-0.25, -0.2) is 4.79 Å². The van der Waals surface area contributed by atoms with E-state index in [1.807, 2.05) is 11.0 Å². The summed E-state index contributed by atoms with van der Waals surface area (Å²) < 4.78 is 0. The molecule has 0 saturated carbocycles. The molecule has 3 aromatic rings. The van der Waals surface area contributed by atoms with Gasteiger partial charge in [0.1, 0.15) is 6.04 Å². The van der Waals surface area contributed by atoms with E-state index in [0.717, 1.165) is 37.3 Å². The Labute approximate surface area is 193 Å². The molecule has 4 rings (SSSR count). The van der Waals surface area contributed by atoms with Gasteiger partial charge in [0, 0.05) is 78.1 Å². The minimum atomic E-state index is -1.21. The van der Waals surface area contributed by atoms with E-state index < -0.39 is 23.9 Å². The van der Waals surface area contributed by atoms with Crippen LogP contribution in [0.5, 0.6) is 0 Å². The largest absolute Gasteiger partial charge is 0.480 e. The average Bonchev–Trinajstić information content (AvgIpc) is 3.44. The molecule has 10 heteroatoms. The van der Waals surface area contributed by atoms with Gasteiger partial charge in [-0.3, -0.25) is 19.4 Å². The Hall–Kier alpha value is -3.47. The molecule has 1 fully saturated rings. The number of hydrogen-bond acceptors (Lipinski definition) is 6. The van der Waals surface area contributed by atoms with Crippen molar-refractivity contribution >= 4 is 45.8 Å². The standard InChI is InChI=1S/C23H24N4O5S/c28-20(5-6-21(29)30)25-15-3-4-19-17(12-15)18(13-24-19)22(23(31)32)27-9-7-26(8-10-27)14-16-2-1-11-33-16/h1-6,11-13,22,24H,7-10,14H2,(H,25,28)(H,29,30)(H,31,32)/b6-5+/t22-/m1/s1. The summed E-state index contributed by atoms with van der Waals surface area (Å²) in [4.78, 5) is 43.5. The zero-order valence-electron chi connectivity index (χ0n) is 17.7. The zero-order valence-corrected chi connectivity index (χ0v) is 18.5. The molecular weight excluding hydrogens is 444 g/mol. The van der Waals surface area contributed by atoms with Crippen LogP contribution in [0, 0.1) is 0 Å². The highest BCUT2D eigenvalue weighted by Gasteiger charge is 2.32. The normalized spacial score (nSPS) is 16.2. The van der Waals surface area contributed by atoms with Crippen LogP contribution in [0.25, 0.3) is 10.9 Å². The van der Waals surface area contributed by atoms with Gasteiger partial charge in [-0.2, -0.15) is 0 Å². The highest BCUT2D eigenvalue weighted by atomic mass is 32.1. The summed E-state index contributed by atoms with van der Waals surface area (Å²) in [5.74, 6) is -2.72. The van der Waals surface area contributed by atoms with E-state index in [1.54, 1.807) is 35.7 Å². The van der Waals surface area contributed by atoms with Gasteiger partial charge < -0.3 is 20.5 Å². The first-order chi connectivity index (χ1) is 15.9. The van der Waals surface area contributed by atoms with Crippen LogP contribution in [0.3, 0.4) is 0 Å². The number of carboxylic acid groups (broad SMARTS) is 2. The molecule has 0 unspecified atom stereocenters. The molecule has 4 N–H and O–H groups in total. The molecule has 0 bridgehead atoms. The number of thiophene rings is 1. The second-order valence-corrected chi connectivity index (χ2v) is 8.83. The summed E-state index contributed by atoms with van der Waals surface area (Å²) in [6.07, 6.45) is 3.39. The fourth-order valence-corrected chi connectivity index (χ4v) is 4.81. The van der Waals surface area contributed by atoms with Gasteiger partial charge in [0.15, 0.2) is 0 Å². The molecule has 0 aliphatic carbocycles. The Morgan fingerprint density at radius 2 is 1.91 bits per heavy atom. The third-order valence-corrected chi connectivity index (χ3v) is 6.48. The van der Waals surface area contributed by atoms with Gasteiger partial charge in [-0.05, 0) is 29.6 Å². The van der Waals surface area contributed by atoms with Crippen LogP contribution in [0.15, 0.2) is 54.1 Å². The van der Waals surface area contributed by atoms with E-state index in [1.165, 1.54) is 4.88 Å². The summed E-state index contributed by atoms with van der Waals surface area (Å²) in [5.41, 5.74) is 1.83. The molecule has 0 spiro atoms. The SMILES string of the molecule is O=C(O)/C=C/C(=O)Nc1ccc2[nH]cc([C@H](C(=O)O)N3CCN(Cc4cccs4)CC3)c2c1. The van der Waals surface area contributed by atoms with Crippen LogP contribution in [0.4, 0.5) is 5.69 Å². The molecule has 0 radical (unpaired) electrons. The lowest BCUT2D eigenvalue weighted by atomic mass is 10.0. The smallest absolute Gasteiger partial charge is 0.328 e. The lowest BCUT2D eigenvalue weighted by molar-refractivity contribution is -0.144. The number of piperazine rings is 1. The first kappa shape index (κ1) is 22.7. The van der Waals surface area contributed by atoms with Crippen molar-refractivity contribution in [3.05, 3.63) is 64.5 Å². The first-order valence-corrected chi connectivity index (χ1v) is 11.3. The molecule has 172 valence electrons. The number of aromatic amines is 1. The zero-order chi connectivity index (χ0) is 23.4. The number of carbonyl (C=O) groups excluding carboxylic acids is 1. The van der Waals surface area contributed by atoms with Gasteiger partial charge in [0.25, 0.3) is 0 Å². The third kappa shape index (κ3) is 5.48. The maximum Gasteiger partial charge on any atom is 0.328 e. The van der Waals surface area contributed by atoms with Crippen molar-refractivity contribution in [2.75, 3.05) is 31.5 Å². The van der Waals surface area contributed by atoms with Gasteiger partial charge in [-0.15, -0.1) is 11.3 Å². The number of rotatable bonds is 8. The molecule has 2 aromatic heterocycles. The summed E-state index contributed by atoms with van der Waals surface area (Å²) in [6, 6.07) is 8.46. The molecule has 33 heavy (non-hydrogen) atoms. The number of amides is 1. The van der Waals surface area contributed by atoms with Crippen molar-refractivity contribution < 1.29 is 24.6 Å². The number of benzene rings is 1. The predicted molar refractivity (Wildman–Crippen MR) is 125 cm³/mol. The van der Waals surface area contributed by atoms with Crippen molar-refractivity contribution in [3.63, 3.8) is 0 Å². The van der Waals surface area contributed by atoms with Crippen molar-refractivity contribution in [2.24, 2.45) is 0 Å². The fraction of sp³-hybridized carbons (Fsp3) is 0.261. The Morgan fingerprint density at radius 3 is 2.58 bits per heavy atom. The minimum Gasteiger partial charge on any atom is -0.480 e.